The molecule has 0 amide bonds. The van der Waals surface area contributed by atoms with Crippen molar-refractivity contribution in [2.75, 3.05) is 14.2 Å². The number of Topliss-reactive ketones (excluding diaryl/α,β-unsaturated/α-hetero) is 1. The molecule has 0 aliphatic heterocycles. The second-order valence-corrected chi connectivity index (χ2v) is 4.60. The Morgan fingerprint density at radius 2 is 1.70 bits per heavy atom. The summed E-state index contributed by atoms with van der Waals surface area (Å²) in [5.74, 6) is 1.71. The van der Waals surface area contributed by atoms with Crippen molar-refractivity contribution in [1.29, 1.82) is 0 Å². The minimum absolute atomic E-state index is 0.132. The topological polar surface area (TPSA) is 35.5 Å². The molecule has 0 aromatic heterocycles. The first-order valence-electron chi connectivity index (χ1n) is 6.45. The van der Waals surface area contributed by atoms with Crippen molar-refractivity contribution in [1.82, 2.24) is 0 Å². The maximum Gasteiger partial charge on any atom is 0.134 e. The molecule has 0 N–H and O–H groups in total. The summed E-state index contributed by atoms with van der Waals surface area (Å²) in [6.07, 6.45) is 0.401. The lowest BCUT2D eigenvalue weighted by molar-refractivity contribution is -0.116. The zero-order chi connectivity index (χ0) is 14.5. The van der Waals surface area contributed by atoms with Crippen LogP contribution in [0.4, 0.5) is 0 Å². The van der Waals surface area contributed by atoms with Crippen LogP contribution in [0.25, 0.3) is 11.1 Å². The van der Waals surface area contributed by atoms with Gasteiger partial charge in [-0.3, -0.25) is 4.79 Å². The van der Waals surface area contributed by atoms with Crippen LogP contribution in [0.1, 0.15) is 12.5 Å². The van der Waals surface area contributed by atoms with Gasteiger partial charge in [0.05, 0.1) is 14.2 Å². The SMILES string of the molecule is COc1ccc(-c2c(CC(C)=O)cccc2OC)cc1. The van der Waals surface area contributed by atoms with Gasteiger partial charge in [0, 0.05) is 12.0 Å². The highest BCUT2D eigenvalue weighted by Crippen LogP contribution is 2.34. The zero-order valence-electron chi connectivity index (χ0n) is 12.0. The Kier molecular flexibility index (Phi) is 4.41. The van der Waals surface area contributed by atoms with Crippen molar-refractivity contribution >= 4 is 5.78 Å². The standard InChI is InChI=1S/C17H18O3/c1-12(18)11-14-5-4-6-16(20-3)17(14)13-7-9-15(19-2)10-8-13/h4-10H,11H2,1-3H3. The van der Waals surface area contributed by atoms with Crippen molar-refractivity contribution in [3.05, 3.63) is 48.0 Å². The molecule has 0 aliphatic rings. The van der Waals surface area contributed by atoms with Gasteiger partial charge in [-0.05, 0) is 36.2 Å². The maximum absolute atomic E-state index is 11.4. The van der Waals surface area contributed by atoms with E-state index in [2.05, 4.69) is 0 Å². The Morgan fingerprint density at radius 3 is 2.25 bits per heavy atom. The van der Waals surface area contributed by atoms with E-state index in [-0.39, 0.29) is 5.78 Å². The minimum atomic E-state index is 0.132. The summed E-state index contributed by atoms with van der Waals surface area (Å²) in [5.41, 5.74) is 2.95. The van der Waals surface area contributed by atoms with Crippen LogP contribution in [0, 0.1) is 0 Å². The monoisotopic (exact) mass is 270 g/mol. The number of hydrogen-bond donors (Lipinski definition) is 0. The molecule has 2 aromatic carbocycles. The maximum atomic E-state index is 11.4. The number of ketones is 1. The number of carbonyl (C=O) groups excluding carboxylic acids is 1. The Balaban J connectivity index is 2.53. The number of ether oxygens (including phenoxy) is 2. The molecule has 0 unspecified atom stereocenters. The lowest BCUT2D eigenvalue weighted by Gasteiger charge is -2.14. The van der Waals surface area contributed by atoms with Crippen LogP contribution in [0.3, 0.4) is 0 Å². The highest BCUT2D eigenvalue weighted by Gasteiger charge is 2.12. The average molecular weight is 270 g/mol. The van der Waals surface area contributed by atoms with Gasteiger partial charge in [0.25, 0.3) is 0 Å². The van der Waals surface area contributed by atoms with Gasteiger partial charge >= 0.3 is 0 Å². The fourth-order valence-corrected chi connectivity index (χ4v) is 2.25. The van der Waals surface area contributed by atoms with Gasteiger partial charge in [0.2, 0.25) is 0 Å². The molecule has 0 saturated carbocycles. The van der Waals surface area contributed by atoms with Crippen LogP contribution < -0.4 is 9.47 Å². The van der Waals surface area contributed by atoms with Crippen LogP contribution in [0.15, 0.2) is 42.5 Å². The van der Waals surface area contributed by atoms with Gasteiger partial charge < -0.3 is 9.47 Å². The molecule has 0 aliphatic carbocycles. The summed E-state index contributed by atoms with van der Waals surface area (Å²) in [6.45, 7) is 1.59. The lowest BCUT2D eigenvalue weighted by Crippen LogP contribution is -2.00. The second kappa shape index (κ2) is 6.24. The smallest absolute Gasteiger partial charge is 0.134 e. The Bertz CT molecular complexity index is 600. The van der Waals surface area contributed by atoms with Gasteiger partial charge in [0.15, 0.2) is 0 Å². The number of hydrogen-bond acceptors (Lipinski definition) is 3. The molecule has 20 heavy (non-hydrogen) atoms. The summed E-state index contributed by atoms with van der Waals surface area (Å²) in [4.78, 5) is 11.4. The van der Waals surface area contributed by atoms with E-state index in [1.54, 1.807) is 21.1 Å². The molecular formula is C17H18O3. The first-order chi connectivity index (χ1) is 9.65. The van der Waals surface area contributed by atoms with E-state index in [9.17, 15) is 4.79 Å². The Hall–Kier alpha value is -2.29. The number of methoxy groups -OCH3 is 2. The molecule has 104 valence electrons. The molecule has 0 heterocycles. The molecule has 0 spiro atoms. The average Bonchev–Trinajstić information content (AvgIpc) is 2.46. The number of carbonyl (C=O) groups is 1. The molecule has 0 atom stereocenters. The quantitative estimate of drug-likeness (QED) is 0.834. The summed E-state index contributed by atoms with van der Waals surface area (Å²) < 4.78 is 10.6. The molecule has 0 bridgehead atoms. The van der Waals surface area contributed by atoms with Crippen molar-refractivity contribution in [3.8, 4) is 22.6 Å². The van der Waals surface area contributed by atoms with E-state index in [4.69, 9.17) is 9.47 Å². The largest absolute Gasteiger partial charge is 0.497 e. The Labute approximate surface area is 119 Å². The summed E-state index contributed by atoms with van der Waals surface area (Å²) in [7, 11) is 3.28. The van der Waals surface area contributed by atoms with Crippen molar-refractivity contribution in [2.24, 2.45) is 0 Å². The third kappa shape index (κ3) is 2.99. The van der Waals surface area contributed by atoms with E-state index in [1.165, 1.54) is 0 Å². The predicted octanol–water partition coefficient (Wildman–Crippen LogP) is 3.50. The molecule has 0 fully saturated rings. The molecule has 2 aromatic rings. The van der Waals surface area contributed by atoms with Crippen LogP contribution in [-0.4, -0.2) is 20.0 Å². The van der Waals surface area contributed by atoms with Crippen LogP contribution in [0.2, 0.25) is 0 Å². The van der Waals surface area contributed by atoms with Gasteiger partial charge in [0.1, 0.15) is 17.3 Å². The second-order valence-electron chi connectivity index (χ2n) is 4.60. The van der Waals surface area contributed by atoms with Crippen molar-refractivity contribution in [3.63, 3.8) is 0 Å². The van der Waals surface area contributed by atoms with Crippen LogP contribution in [-0.2, 0) is 11.2 Å². The van der Waals surface area contributed by atoms with E-state index in [0.29, 0.717) is 6.42 Å². The zero-order valence-corrected chi connectivity index (χ0v) is 12.0. The molecule has 0 saturated heterocycles. The summed E-state index contributed by atoms with van der Waals surface area (Å²) in [5, 5.41) is 0. The van der Waals surface area contributed by atoms with Gasteiger partial charge in [-0.1, -0.05) is 24.3 Å². The van der Waals surface area contributed by atoms with E-state index in [0.717, 1.165) is 28.2 Å². The van der Waals surface area contributed by atoms with Gasteiger partial charge in [-0.2, -0.15) is 0 Å². The predicted molar refractivity (Wildman–Crippen MR) is 79.4 cm³/mol. The number of benzene rings is 2. The highest BCUT2D eigenvalue weighted by molar-refractivity contribution is 5.83. The minimum Gasteiger partial charge on any atom is -0.497 e. The normalized spacial score (nSPS) is 10.2. The molecule has 2 rings (SSSR count). The van der Waals surface area contributed by atoms with Crippen molar-refractivity contribution in [2.45, 2.75) is 13.3 Å². The molecule has 3 nitrogen and oxygen atoms in total. The fraction of sp³-hybridized carbons (Fsp3) is 0.235. The fourth-order valence-electron chi connectivity index (χ4n) is 2.25. The lowest BCUT2D eigenvalue weighted by atomic mass is 9.95. The van der Waals surface area contributed by atoms with Gasteiger partial charge in [-0.15, -0.1) is 0 Å². The molecule has 3 heteroatoms. The Morgan fingerprint density at radius 1 is 1.00 bits per heavy atom. The van der Waals surface area contributed by atoms with Gasteiger partial charge in [-0.25, -0.2) is 0 Å². The number of rotatable bonds is 5. The highest BCUT2D eigenvalue weighted by atomic mass is 16.5. The first kappa shape index (κ1) is 14.1. The molecule has 0 radical (unpaired) electrons. The van der Waals surface area contributed by atoms with E-state index in [1.807, 2.05) is 42.5 Å². The summed E-state index contributed by atoms with van der Waals surface area (Å²) >= 11 is 0. The van der Waals surface area contributed by atoms with E-state index < -0.39 is 0 Å². The van der Waals surface area contributed by atoms with E-state index >= 15 is 0 Å². The van der Waals surface area contributed by atoms with Crippen LogP contribution >= 0.6 is 0 Å². The summed E-state index contributed by atoms with van der Waals surface area (Å²) in [6, 6.07) is 13.5. The molecular weight excluding hydrogens is 252 g/mol. The third-order valence-corrected chi connectivity index (χ3v) is 3.15. The first-order valence-corrected chi connectivity index (χ1v) is 6.45. The van der Waals surface area contributed by atoms with Crippen molar-refractivity contribution < 1.29 is 14.3 Å². The third-order valence-electron chi connectivity index (χ3n) is 3.15. The van der Waals surface area contributed by atoms with Crippen LogP contribution in [0.5, 0.6) is 11.5 Å².